The normalized spacial score (nSPS) is 28.0. The number of allylic oxidation sites excluding steroid dienone is 2. The number of carboxylic acids is 1. The fraction of sp³-hybridized carbons (Fsp3) is 0.500. The van der Waals surface area contributed by atoms with E-state index in [-0.39, 0.29) is 17.7 Å². The molecule has 4 nitrogen and oxygen atoms in total. The molecule has 0 aliphatic heterocycles. The third kappa shape index (κ3) is 2.74. The highest BCUT2D eigenvalue weighted by Crippen LogP contribution is 2.57. The van der Waals surface area contributed by atoms with E-state index in [0.29, 0.717) is 0 Å². The van der Waals surface area contributed by atoms with Crippen molar-refractivity contribution in [3.8, 4) is 0 Å². The first-order chi connectivity index (χ1) is 11.4. The molecule has 0 radical (unpaired) electrons. The maximum Gasteiger partial charge on any atom is 0.307 e. The van der Waals surface area contributed by atoms with E-state index in [2.05, 4.69) is 12.2 Å². The summed E-state index contributed by atoms with van der Waals surface area (Å²) in [5.41, 5.74) is 4.34. The van der Waals surface area contributed by atoms with Gasteiger partial charge >= 0.3 is 5.97 Å². The summed E-state index contributed by atoms with van der Waals surface area (Å²) in [6.07, 6.45) is 2.75. The van der Waals surface area contributed by atoms with Crippen molar-refractivity contribution < 1.29 is 14.7 Å². The Morgan fingerprint density at radius 2 is 1.67 bits per heavy atom. The Balaban J connectivity index is 1.85. The van der Waals surface area contributed by atoms with Crippen LogP contribution in [0.2, 0.25) is 0 Å². The van der Waals surface area contributed by atoms with E-state index in [0.717, 1.165) is 24.9 Å². The van der Waals surface area contributed by atoms with Gasteiger partial charge in [-0.15, -0.1) is 0 Å². The number of rotatable bonds is 4. The van der Waals surface area contributed by atoms with Crippen LogP contribution in [0.4, 0.5) is 5.69 Å². The Hall–Kier alpha value is -2.10. The highest BCUT2D eigenvalue weighted by molar-refractivity contribution is 5.96. The van der Waals surface area contributed by atoms with Gasteiger partial charge in [0.15, 0.2) is 0 Å². The molecule has 0 heterocycles. The Kier molecular flexibility index (Phi) is 4.48. The van der Waals surface area contributed by atoms with E-state index in [4.69, 9.17) is 0 Å². The zero-order valence-corrected chi connectivity index (χ0v) is 14.5. The van der Waals surface area contributed by atoms with Crippen LogP contribution in [0.1, 0.15) is 39.2 Å². The summed E-state index contributed by atoms with van der Waals surface area (Å²) in [7, 11) is 0. The van der Waals surface area contributed by atoms with Crippen molar-refractivity contribution >= 4 is 17.6 Å². The third-order valence-electron chi connectivity index (χ3n) is 5.64. The fourth-order valence-corrected chi connectivity index (χ4v) is 4.65. The number of hydrogen-bond acceptors (Lipinski definition) is 2. The van der Waals surface area contributed by atoms with E-state index in [9.17, 15) is 14.7 Å². The van der Waals surface area contributed by atoms with Crippen LogP contribution in [-0.4, -0.2) is 17.0 Å². The van der Waals surface area contributed by atoms with Crippen molar-refractivity contribution in [1.29, 1.82) is 0 Å². The zero-order chi connectivity index (χ0) is 17.4. The van der Waals surface area contributed by atoms with Gasteiger partial charge in [-0.2, -0.15) is 0 Å². The SMILES string of the molecule is CCc1ccc(NC(=O)[C@H]2[C@@H](C(=O)O)[C@@H]3CC[C@@H]2C3=C(C)C)cc1. The van der Waals surface area contributed by atoms with Gasteiger partial charge in [-0.05, 0) is 62.6 Å². The third-order valence-corrected chi connectivity index (χ3v) is 5.64. The fourth-order valence-electron chi connectivity index (χ4n) is 4.65. The minimum Gasteiger partial charge on any atom is -0.481 e. The summed E-state index contributed by atoms with van der Waals surface area (Å²) in [4.78, 5) is 24.7. The van der Waals surface area contributed by atoms with Gasteiger partial charge in [0.1, 0.15) is 0 Å². The van der Waals surface area contributed by atoms with Crippen molar-refractivity contribution in [3.63, 3.8) is 0 Å². The monoisotopic (exact) mass is 327 g/mol. The van der Waals surface area contributed by atoms with Crippen LogP contribution >= 0.6 is 0 Å². The minimum absolute atomic E-state index is 0.0238. The minimum atomic E-state index is -0.845. The maximum atomic E-state index is 12.8. The van der Waals surface area contributed by atoms with Crippen LogP contribution in [0.3, 0.4) is 0 Å². The first kappa shape index (κ1) is 16.7. The number of nitrogens with one attached hydrogen (secondary N) is 1. The predicted octanol–water partition coefficient (Wildman–Crippen LogP) is 3.88. The summed E-state index contributed by atoms with van der Waals surface area (Å²) in [5, 5.41) is 12.6. The maximum absolute atomic E-state index is 12.8. The van der Waals surface area contributed by atoms with E-state index >= 15 is 0 Å². The van der Waals surface area contributed by atoms with E-state index in [1.807, 2.05) is 38.1 Å². The molecule has 2 aliphatic carbocycles. The number of aryl methyl sites for hydroxylation is 1. The van der Waals surface area contributed by atoms with Gasteiger partial charge in [0.05, 0.1) is 11.8 Å². The molecule has 0 aromatic heterocycles. The summed E-state index contributed by atoms with van der Waals surface area (Å²) in [6, 6.07) is 7.77. The molecule has 24 heavy (non-hydrogen) atoms. The lowest BCUT2D eigenvalue weighted by molar-refractivity contribution is -0.148. The molecule has 2 fully saturated rings. The molecule has 2 bridgehead atoms. The molecule has 4 heteroatoms. The molecule has 2 aliphatic rings. The second kappa shape index (κ2) is 6.42. The highest BCUT2D eigenvalue weighted by atomic mass is 16.4. The van der Waals surface area contributed by atoms with Crippen molar-refractivity contribution in [1.82, 2.24) is 0 Å². The number of aliphatic carboxylic acids is 1. The van der Waals surface area contributed by atoms with Crippen molar-refractivity contribution in [2.24, 2.45) is 23.7 Å². The summed E-state index contributed by atoms with van der Waals surface area (Å²) < 4.78 is 0. The average Bonchev–Trinajstić information content (AvgIpc) is 3.11. The molecular weight excluding hydrogens is 302 g/mol. The molecule has 0 spiro atoms. The number of carbonyl (C=O) groups excluding carboxylic acids is 1. The van der Waals surface area contributed by atoms with Gasteiger partial charge in [-0.3, -0.25) is 9.59 Å². The number of benzene rings is 1. The van der Waals surface area contributed by atoms with Gasteiger partial charge in [0.2, 0.25) is 5.91 Å². The number of anilines is 1. The second-order valence-electron chi connectivity index (χ2n) is 7.18. The number of hydrogen-bond donors (Lipinski definition) is 2. The molecule has 1 amide bonds. The zero-order valence-electron chi connectivity index (χ0n) is 14.5. The molecule has 3 rings (SSSR count). The largest absolute Gasteiger partial charge is 0.481 e. The Labute approximate surface area is 143 Å². The van der Waals surface area contributed by atoms with E-state index in [1.54, 1.807) is 0 Å². The molecule has 4 atom stereocenters. The van der Waals surface area contributed by atoms with Crippen LogP contribution in [0, 0.1) is 23.7 Å². The lowest BCUT2D eigenvalue weighted by Crippen LogP contribution is -2.37. The number of carbonyl (C=O) groups is 2. The van der Waals surface area contributed by atoms with Crippen molar-refractivity contribution in [2.75, 3.05) is 5.32 Å². The molecule has 1 aromatic carbocycles. The number of fused-ring (bicyclic) bond motifs is 2. The number of amides is 1. The molecule has 2 N–H and O–H groups in total. The van der Waals surface area contributed by atoms with Crippen molar-refractivity contribution in [3.05, 3.63) is 41.0 Å². The molecule has 0 saturated heterocycles. The second-order valence-corrected chi connectivity index (χ2v) is 7.18. The summed E-state index contributed by atoms with van der Waals surface area (Å²) in [5.74, 6) is -1.95. The summed E-state index contributed by atoms with van der Waals surface area (Å²) >= 11 is 0. The van der Waals surface area contributed by atoms with Crippen LogP contribution in [-0.2, 0) is 16.0 Å². The van der Waals surface area contributed by atoms with Crippen LogP contribution < -0.4 is 5.32 Å². The molecule has 0 unspecified atom stereocenters. The quantitative estimate of drug-likeness (QED) is 0.825. The Morgan fingerprint density at radius 1 is 1.08 bits per heavy atom. The average molecular weight is 327 g/mol. The van der Waals surface area contributed by atoms with Crippen LogP contribution in [0.25, 0.3) is 0 Å². The highest BCUT2D eigenvalue weighted by Gasteiger charge is 2.57. The topological polar surface area (TPSA) is 66.4 Å². The first-order valence-electron chi connectivity index (χ1n) is 8.74. The van der Waals surface area contributed by atoms with E-state index < -0.39 is 17.8 Å². The van der Waals surface area contributed by atoms with Gasteiger partial charge in [0, 0.05) is 5.69 Å². The van der Waals surface area contributed by atoms with Crippen molar-refractivity contribution in [2.45, 2.75) is 40.0 Å². The predicted molar refractivity (Wildman–Crippen MR) is 93.7 cm³/mol. The lowest BCUT2D eigenvalue weighted by Gasteiger charge is -2.26. The van der Waals surface area contributed by atoms with E-state index in [1.165, 1.54) is 16.7 Å². The molecule has 2 saturated carbocycles. The Morgan fingerprint density at radius 3 is 2.17 bits per heavy atom. The van der Waals surface area contributed by atoms with Crippen LogP contribution in [0.15, 0.2) is 35.4 Å². The van der Waals surface area contributed by atoms with Gasteiger partial charge in [0.25, 0.3) is 0 Å². The lowest BCUT2D eigenvalue weighted by atomic mass is 9.78. The van der Waals surface area contributed by atoms with Gasteiger partial charge < -0.3 is 10.4 Å². The smallest absolute Gasteiger partial charge is 0.307 e. The number of carboxylic acid groups (broad SMARTS) is 1. The van der Waals surface area contributed by atoms with Gasteiger partial charge in [-0.1, -0.05) is 30.2 Å². The Bertz CT molecular complexity index is 685. The van der Waals surface area contributed by atoms with Crippen LogP contribution in [0.5, 0.6) is 0 Å². The first-order valence-corrected chi connectivity index (χ1v) is 8.74. The summed E-state index contributed by atoms with van der Waals surface area (Å²) in [6.45, 7) is 6.15. The standard InChI is InChI=1S/C20H25NO3/c1-4-12-5-7-13(8-6-12)21-19(22)17-14-9-10-15(16(14)11(2)3)18(17)20(23)24/h5-8,14-15,17-18H,4,9-10H2,1-3H3,(H,21,22)(H,23,24)/t14-,15-,17-,18+/m1/s1. The molecule has 1 aromatic rings. The van der Waals surface area contributed by atoms with Gasteiger partial charge in [-0.25, -0.2) is 0 Å². The molecule has 128 valence electrons. The molecular formula is C20H25NO3.